The molecule has 0 aromatic heterocycles. The molecule has 0 saturated heterocycles. The number of carbonyl (C=O) groups is 2. The summed E-state index contributed by atoms with van der Waals surface area (Å²) in [6.45, 7) is 1.60. The lowest BCUT2D eigenvalue weighted by atomic mass is 10.1. The molecule has 7 heteroatoms. The van der Waals surface area contributed by atoms with E-state index in [4.69, 9.17) is 4.74 Å². The maximum absolute atomic E-state index is 12.9. The number of carbonyl (C=O) groups excluding carboxylic acids is 2. The van der Waals surface area contributed by atoms with E-state index in [1.807, 2.05) is 36.4 Å². The van der Waals surface area contributed by atoms with E-state index in [0.29, 0.717) is 5.75 Å². The number of hydrazine groups is 1. The van der Waals surface area contributed by atoms with E-state index in [2.05, 4.69) is 10.9 Å². The van der Waals surface area contributed by atoms with Crippen LogP contribution in [0.1, 0.15) is 6.92 Å². The van der Waals surface area contributed by atoms with Crippen molar-refractivity contribution in [2.24, 2.45) is 0 Å². The Morgan fingerprint density at radius 3 is 2.46 bits per heavy atom. The molecule has 3 aromatic rings. The van der Waals surface area contributed by atoms with Gasteiger partial charge in [-0.05, 0) is 54.1 Å². The normalized spacial score (nSPS) is 11.6. The van der Waals surface area contributed by atoms with Crippen molar-refractivity contribution in [3.8, 4) is 5.75 Å². The van der Waals surface area contributed by atoms with E-state index in [9.17, 15) is 14.0 Å². The van der Waals surface area contributed by atoms with Crippen molar-refractivity contribution in [3.05, 3.63) is 72.5 Å². The van der Waals surface area contributed by atoms with Gasteiger partial charge in [-0.2, -0.15) is 0 Å². The lowest BCUT2D eigenvalue weighted by Crippen LogP contribution is -2.47. The first kappa shape index (κ1) is 19.7. The largest absolute Gasteiger partial charge is 0.481 e. The Balaban J connectivity index is 1.45. The number of hydrogen-bond donors (Lipinski definition) is 2. The van der Waals surface area contributed by atoms with Gasteiger partial charge in [0.15, 0.2) is 6.10 Å². The minimum atomic E-state index is -0.786. The zero-order chi connectivity index (χ0) is 19.9. The summed E-state index contributed by atoms with van der Waals surface area (Å²) in [5, 5.41) is 2.09. The molecule has 0 heterocycles. The molecule has 0 radical (unpaired) electrons. The predicted octanol–water partition coefficient (Wildman–Crippen LogP) is 3.69. The summed E-state index contributed by atoms with van der Waals surface area (Å²) in [6, 6.07) is 19.3. The molecule has 0 saturated carbocycles. The van der Waals surface area contributed by atoms with Crippen molar-refractivity contribution in [1.82, 2.24) is 10.9 Å². The minimum Gasteiger partial charge on any atom is -0.481 e. The Bertz CT molecular complexity index is 979. The van der Waals surface area contributed by atoms with Crippen molar-refractivity contribution in [3.63, 3.8) is 0 Å². The first-order valence-corrected chi connectivity index (χ1v) is 9.62. The third-order valence-electron chi connectivity index (χ3n) is 3.91. The number of fused-ring (bicyclic) bond motifs is 1. The monoisotopic (exact) mass is 398 g/mol. The second kappa shape index (κ2) is 9.23. The Labute approximate surface area is 166 Å². The molecule has 5 nitrogen and oxygen atoms in total. The molecule has 3 aromatic carbocycles. The molecule has 1 unspecified atom stereocenters. The molecular weight excluding hydrogens is 379 g/mol. The molecule has 1 atom stereocenters. The number of amides is 2. The van der Waals surface area contributed by atoms with Gasteiger partial charge < -0.3 is 4.74 Å². The number of benzene rings is 3. The van der Waals surface area contributed by atoms with Crippen molar-refractivity contribution in [2.75, 3.05) is 5.75 Å². The molecule has 144 valence electrons. The number of halogens is 1. The van der Waals surface area contributed by atoms with Crippen LogP contribution in [-0.4, -0.2) is 23.7 Å². The first-order valence-electron chi connectivity index (χ1n) is 8.64. The van der Waals surface area contributed by atoms with E-state index >= 15 is 0 Å². The number of rotatable bonds is 6. The average molecular weight is 398 g/mol. The van der Waals surface area contributed by atoms with Gasteiger partial charge >= 0.3 is 0 Å². The lowest BCUT2D eigenvalue weighted by molar-refractivity contribution is -0.131. The molecule has 0 aliphatic carbocycles. The highest BCUT2D eigenvalue weighted by Crippen LogP contribution is 2.21. The SMILES string of the molecule is CC(Oc1ccc2ccccc2c1)C(=O)NNC(=O)CSc1ccc(F)cc1. The second-order valence-corrected chi connectivity index (χ2v) is 7.10. The summed E-state index contributed by atoms with van der Waals surface area (Å²) in [5.41, 5.74) is 4.70. The molecule has 28 heavy (non-hydrogen) atoms. The lowest BCUT2D eigenvalue weighted by Gasteiger charge is -2.15. The Morgan fingerprint density at radius 2 is 1.71 bits per heavy atom. The molecular formula is C21H19FN2O3S. The van der Waals surface area contributed by atoms with Crippen LogP contribution in [0, 0.1) is 5.82 Å². The van der Waals surface area contributed by atoms with Crippen molar-refractivity contribution in [1.29, 1.82) is 0 Å². The first-order chi connectivity index (χ1) is 13.5. The van der Waals surface area contributed by atoms with Crippen molar-refractivity contribution >= 4 is 34.3 Å². The fourth-order valence-corrected chi connectivity index (χ4v) is 3.15. The van der Waals surface area contributed by atoms with E-state index in [1.165, 1.54) is 23.9 Å². The van der Waals surface area contributed by atoms with Crippen LogP contribution >= 0.6 is 11.8 Å². The van der Waals surface area contributed by atoms with Crippen molar-refractivity contribution < 1.29 is 18.7 Å². The van der Waals surface area contributed by atoms with Gasteiger partial charge in [-0.25, -0.2) is 4.39 Å². The quantitative estimate of drug-likeness (QED) is 0.491. The van der Waals surface area contributed by atoms with Gasteiger partial charge in [-0.3, -0.25) is 20.4 Å². The predicted molar refractivity (Wildman–Crippen MR) is 107 cm³/mol. The topological polar surface area (TPSA) is 67.4 Å². The highest BCUT2D eigenvalue weighted by Gasteiger charge is 2.15. The molecule has 0 bridgehead atoms. The number of nitrogens with one attached hydrogen (secondary N) is 2. The maximum Gasteiger partial charge on any atom is 0.279 e. The smallest absolute Gasteiger partial charge is 0.279 e. The minimum absolute atomic E-state index is 0.0891. The third kappa shape index (κ3) is 5.47. The summed E-state index contributed by atoms with van der Waals surface area (Å²) in [6.07, 6.45) is -0.786. The fourth-order valence-electron chi connectivity index (χ4n) is 2.45. The Hall–Kier alpha value is -3.06. The Kier molecular flexibility index (Phi) is 6.49. The second-order valence-electron chi connectivity index (χ2n) is 6.05. The van der Waals surface area contributed by atoms with Gasteiger partial charge in [0.2, 0.25) is 5.91 Å². The van der Waals surface area contributed by atoms with Crippen LogP contribution in [-0.2, 0) is 9.59 Å². The molecule has 2 amide bonds. The van der Waals surface area contributed by atoms with Crippen LogP contribution in [0.2, 0.25) is 0 Å². The van der Waals surface area contributed by atoms with Crippen LogP contribution in [0.15, 0.2) is 71.6 Å². The van der Waals surface area contributed by atoms with E-state index in [-0.39, 0.29) is 17.5 Å². The van der Waals surface area contributed by atoms with E-state index < -0.39 is 12.0 Å². The maximum atomic E-state index is 12.9. The fraction of sp³-hybridized carbons (Fsp3) is 0.143. The summed E-state index contributed by atoms with van der Waals surface area (Å²) < 4.78 is 18.5. The number of hydrogen-bond acceptors (Lipinski definition) is 4. The van der Waals surface area contributed by atoms with Crippen LogP contribution in [0.4, 0.5) is 4.39 Å². The molecule has 0 spiro atoms. The van der Waals surface area contributed by atoms with Crippen LogP contribution in [0.25, 0.3) is 10.8 Å². The van der Waals surface area contributed by atoms with Crippen LogP contribution < -0.4 is 15.6 Å². The van der Waals surface area contributed by atoms with Crippen LogP contribution in [0.5, 0.6) is 5.75 Å². The van der Waals surface area contributed by atoms with E-state index in [0.717, 1.165) is 15.7 Å². The summed E-state index contributed by atoms with van der Waals surface area (Å²) >= 11 is 1.24. The number of thioether (sulfide) groups is 1. The molecule has 0 fully saturated rings. The van der Waals surface area contributed by atoms with Crippen molar-refractivity contribution in [2.45, 2.75) is 17.9 Å². The van der Waals surface area contributed by atoms with Gasteiger partial charge in [0.25, 0.3) is 5.91 Å². The standard InChI is InChI=1S/C21H19FN2O3S/c1-14(27-18-9-6-15-4-2-3-5-16(15)12-18)21(26)24-23-20(25)13-28-19-10-7-17(22)8-11-19/h2-12,14H,13H2,1H3,(H,23,25)(H,24,26). The summed E-state index contributed by atoms with van der Waals surface area (Å²) in [5.74, 6) is -0.513. The van der Waals surface area contributed by atoms with E-state index in [1.54, 1.807) is 25.1 Å². The number of ether oxygens (including phenoxy) is 1. The van der Waals surface area contributed by atoms with Gasteiger partial charge in [-0.15, -0.1) is 11.8 Å². The molecule has 2 N–H and O–H groups in total. The summed E-state index contributed by atoms with van der Waals surface area (Å²) in [4.78, 5) is 24.7. The van der Waals surface area contributed by atoms with Crippen LogP contribution in [0.3, 0.4) is 0 Å². The molecule has 3 rings (SSSR count). The third-order valence-corrected chi connectivity index (χ3v) is 4.92. The van der Waals surface area contributed by atoms with Gasteiger partial charge in [-0.1, -0.05) is 30.3 Å². The average Bonchev–Trinajstić information content (AvgIpc) is 2.71. The highest BCUT2D eigenvalue weighted by atomic mass is 32.2. The highest BCUT2D eigenvalue weighted by molar-refractivity contribution is 8.00. The zero-order valence-corrected chi connectivity index (χ0v) is 16.0. The zero-order valence-electron chi connectivity index (χ0n) is 15.1. The van der Waals surface area contributed by atoms with Gasteiger partial charge in [0.05, 0.1) is 5.75 Å². The van der Waals surface area contributed by atoms with Gasteiger partial charge in [0.1, 0.15) is 11.6 Å². The Morgan fingerprint density at radius 1 is 1.00 bits per heavy atom. The molecule has 0 aliphatic rings. The van der Waals surface area contributed by atoms with Gasteiger partial charge in [0, 0.05) is 4.90 Å². The molecule has 0 aliphatic heterocycles. The summed E-state index contributed by atoms with van der Waals surface area (Å²) in [7, 11) is 0.